The van der Waals surface area contributed by atoms with E-state index in [1.165, 1.54) is 0 Å². The fraction of sp³-hybridized carbons (Fsp3) is 1.00. The lowest BCUT2D eigenvalue weighted by Crippen LogP contribution is -2.32. The third-order valence-corrected chi connectivity index (χ3v) is 2.90. The Kier molecular flexibility index (Phi) is 19.0. The first-order valence-corrected chi connectivity index (χ1v) is 8.26. The van der Waals surface area contributed by atoms with Gasteiger partial charge < -0.3 is 15.4 Å². The van der Waals surface area contributed by atoms with E-state index in [0.717, 1.165) is 32.5 Å². The fourth-order valence-corrected chi connectivity index (χ4v) is 1.67. The van der Waals surface area contributed by atoms with Crippen molar-refractivity contribution in [3.8, 4) is 0 Å². The molecule has 0 aliphatic rings. The zero-order valence-electron chi connectivity index (χ0n) is 15.9. The number of nitrogens with one attached hydrogen (secondary N) is 2. The summed E-state index contributed by atoms with van der Waals surface area (Å²) in [6, 6.07) is 0. The molecule has 0 aliphatic heterocycles. The minimum atomic E-state index is -0.0151. The largest absolute Gasteiger partial charge is 0.376 e. The molecule has 0 spiro atoms. The third-order valence-electron chi connectivity index (χ3n) is 2.90. The van der Waals surface area contributed by atoms with Crippen LogP contribution in [0.25, 0.3) is 0 Å². The van der Waals surface area contributed by atoms with Crippen molar-refractivity contribution < 1.29 is 4.74 Å². The van der Waals surface area contributed by atoms with Crippen LogP contribution in [0.4, 0.5) is 0 Å². The van der Waals surface area contributed by atoms with E-state index in [0.29, 0.717) is 5.41 Å². The van der Waals surface area contributed by atoms with Crippen LogP contribution in [0.5, 0.6) is 0 Å². The fourth-order valence-electron chi connectivity index (χ4n) is 1.67. The molecule has 0 aromatic carbocycles. The van der Waals surface area contributed by atoms with E-state index in [-0.39, 0.29) is 5.60 Å². The van der Waals surface area contributed by atoms with Crippen molar-refractivity contribution in [1.29, 1.82) is 0 Å². The van der Waals surface area contributed by atoms with Crippen LogP contribution in [-0.2, 0) is 4.74 Å². The van der Waals surface area contributed by atoms with Gasteiger partial charge in [-0.2, -0.15) is 0 Å². The topological polar surface area (TPSA) is 33.3 Å². The molecule has 0 atom stereocenters. The van der Waals surface area contributed by atoms with Gasteiger partial charge in [0.2, 0.25) is 0 Å². The number of ether oxygens (including phenoxy) is 1. The summed E-state index contributed by atoms with van der Waals surface area (Å²) in [7, 11) is 3.98. The summed E-state index contributed by atoms with van der Waals surface area (Å²) in [6.07, 6.45) is 2.15. The summed E-state index contributed by atoms with van der Waals surface area (Å²) >= 11 is 0. The highest BCUT2D eigenvalue weighted by Gasteiger charge is 2.21. The molecule has 0 aromatic rings. The van der Waals surface area contributed by atoms with Gasteiger partial charge >= 0.3 is 0 Å². The van der Waals surface area contributed by atoms with E-state index in [4.69, 9.17) is 4.74 Å². The first-order chi connectivity index (χ1) is 9.33. The van der Waals surface area contributed by atoms with Crippen LogP contribution in [0.1, 0.15) is 68.2 Å². The molecule has 0 saturated carbocycles. The highest BCUT2D eigenvalue weighted by Crippen LogP contribution is 2.21. The summed E-state index contributed by atoms with van der Waals surface area (Å²) in [6.45, 7) is 19.7. The maximum Gasteiger partial charge on any atom is 0.0638 e. The van der Waals surface area contributed by atoms with E-state index in [1.807, 2.05) is 41.8 Å². The Morgan fingerprint density at radius 1 is 0.800 bits per heavy atom. The molecular weight excluding hydrogens is 248 g/mol. The molecule has 20 heavy (non-hydrogen) atoms. The molecule has 0 amide bonds. The van der Waals surface area contributed by atoms with Crippen molar-refractivity contribution >= 4 is 0 Å². The SMILES string of the molecule is CC.CC.CNCCC(C)(C)OCCC(C)(C)CNC. The highest BCUT2D eigenvalue weighted by atomic mass is 16.5. The molecule has 3 heteroatoms. The molecule has 2 N–H and O–H groups in total. The van der Waals surface area contributed by atoms with Crippen LogP contribution in [0.15, 0.2) is 0 Å². The maximum absolute atomic E-state index is 5.95. The minimum absolute atomic E-state index is 0.0151. The number of hydrogen-bond acceptors (Lipinski definition) is 3. The molecular formula is C17H42N2O. The maximum atomic E-state index is 5.95. The monoisotopic (exact) mass is 290 g/mol. The van der Waals surface area contributed by atoms with Crippen molar-refractivity contribution in [2.24, 2.45) is 5.41 Å². The second kappa shape index (κ2) is 15.3. The second-order valence-electron chi connectivity index (χ2n) is 5.91. The molecule has 0 unspecified atom stereocenters. The van der Waals surface area contributed by atoms with Gasteiger partial charge in [0.25, 0.3) is 0 Å². The van der Waals surface area contributed by atoms with Gasteiger partial charge in [-0.15, -0.1) is 0 Å². The van der Waals surface area contributed by atoms with E-state index in [9.17, 15) is 0 Å². The van der Waals surface area contributed by atoms with Crippen LogP contribution >= 0.6 is 0 Å². The molecule has 0 bridgehead atoms. The Hall–Kier alpha value is -0.120. The van der Waals surface area contributed by atoms with Crippen LogP contribution in [0.3, 0.4) is 0 Å². The second-order valence-corrected chi connectivity index (χ2v) is 5.91. The van der Waals surface area contributed by atoms with Gasteiger partial charge in [0.05, 0.1) is 5.60 Å². The van der Waals surface area contributed by atoms with Crippen molar-refractivity contribution in [3.63, 3.8) is 0 Å². The molecule has 3 nitrogen and oxygen atoms in total. The molecule has 0 saturated heterocycles. The van der Waals surface area contributed by atoms with E-state index in [2.05, 4.69) is 38.3 Å². The van der Waals surface area contributed by atoms with Gasteiger partial charge in [0.15, 0.2) is 0 Å². The van der Waals surface area contributed by atoms with Gasteiger partial charge in [-0.25, -0.2) is 0 Å². The summed E-state index contributed by atoms with van der Waals surface area (Å²) in [5.74, 6) is 0. The Labute approximate surface area is 129 Å². The average molecular weight is 291 g/mol. The average Bonchev–Trinajstić information content (AvgIpc) is 2.40. The predicted molar refractivity (Wildman–Crippen MR) is 93.6 cm³/mol. The van der Waals surface area contributed by atoms with Gasteiger partial charge in [-0.1, -0.05) is 41.5 Å². The molecule has 0 fully saturated rings. The number of hydrogen-bond donors (Lipinski definition) is 2. The van der Waals surface area contributed by atoms with Crippen molar-refractivity contribution in [2.45, 2.75) is 73.8 Å². The Morgan fingerprint density at radius 3 is 1.70 bits per heavy atom. The van der Waals surface area contributed by atoms with E-state index < -0.39 is 0 Å². The lowest BCUT2D eigenvalue weighted by Gasteiger charge is -2.29. The first kappa shape index (κ1) is 24.9. The van der Waals surface area contributed by atoms with Crippen LogP contribution < -0.4 is 10.6 Å². The summed E-state index contributed by atoms with van der Waals surface area (Å²) in [5, 5.41) is 6.39. The molecule has 0 rings (SSSR count). The first-order valence-electron chi connectivity index (χ1n) is 8.26. The number of rotatable bonds is 9. The molecule has 126 valence electrons. The third kappa shape index (κ3) is 17.9. The predicted octanol–water partition coefficient (Wildman–Crippen LogP) is 4.08. The lowest BCUT2D eigenvalue weighted by atomic mass is 9.89. The minimum Gasteiger partial charge on any atom is -0.376 e. The van der Waals surface area contributed by atoms with E-state index in [1.54, 1.807) is 0 Å². The van der Waals surface area contributed by atoms with Gasteiger partial charge in [-0.05, 0) is 52.7 Å². The Morgan fingerprint density at radius 2 is 1.30 bits per heavy atom. The van der Waals surface area contributed by atoms with Crippen molar-refractivity contribution in [1.82, 2.24) is 10.6 Å². The van der Waals surface area contributed by atoms with Crippen LogP contribution in [-0.4, -0.2) is 39.4 Å². The van der Waals surface area contributed by atoms with Crippen LogP contribution in [0.2, 0.25) is 0 Å². The Balaban J connectivity index is -0.000000656. The molecule has 0 aromatic heterocycles. The highest BCUT2D eigenvalue weighted by molar-refractivity contribution is 4.73. The zero-order chi connectivity index (χ0) is 16.7. The van der Waals surface area contributed by atoms with E-state index >= 15 is 0 Å². The van der Waals surface area contributed by atoms with Gasteiger partial charge in [-0.3, -0.25) is 0 Å². The summed E-state index contributed by atoms with van der Waals surface area (Å²) in [4.78, 5) is 0. The normalized spacial score (nSPS) is 11.1. The van der Waals surface area contributed by atoms with Gasteiger partial charge in [0, 0.05) is 13.2 Å². The molecule has 0 aliphatic carbocycles. The van der Waals surface area contributed by atoms with Crippen LogP contribution in [0, 0.1) is 5.41 Å². The lowest BCUT2D eigenvalue weighted by molar-refractivity contribution is -0.0333. The Bertz CT molecular complexity index is 180. The quantitative estimate of drug-likeness (QED) is 0.671. The molecule has 0 heterocycles. The standard InChI is InChI=1S/C13H30N2O.2C2H6/c1-12(2,11-15-6)8-10-16-13(3,4)7-9-14-5;2*1-2/h14-15H,7-11H2,1-6H3;2*1-2H3. The van der Waals surface area contributed by atoms with Crippen molar-refractivity contribution in [2.75, 3.05) is 33.8 Å². The molecule has 0 radical (unpaired) electrons. The van der Waals surface area contributed by atoms with Gasteiger partial charge in [0.1, 0.15) is 0 Å². The summed E-state index contributed by atoms with van der Waals surface area (Å²) < 4.78 is 5.95. The summed E-state index contributed by atoms with van der Waals surface area (Å²) in [5.41, 5.74) is 0.298. The zero-order valence-corrected chi connectivity index (χ0v) is 15.9. The van der Waals surface area contributed by atoms with Crippen molar-refractivity contribution in [3.05, 3.63) is 0 Å². The smallest absolute Gasteiger partial charge is 0.0638 e.